The summed E-state index contributed by atoms with van der Waals surface area (Å²) in [5.74, 6) is 0.393. The van der Waals surface area contributed by atoms with Crippen LogP contribution in [0.15, 0.2) is 29.6 Å². The molecule has 100 valence electrons. The van der Waals surface area contributed by atoms with E-state index in [2.05, 4.69) is 24.1 Å². The maximum Gasteiger partial charge on any atom is 0.230 e. The zero-order chi connectivity index (χ0) is 13.8. The molecule has 0 aliphatic heterocycles. The maximum absolute atomic E-state index is 11.9. The van der Waals surface area contributed by atoms with E-state index in [0.29, 0.717) is 12.3 Å². The highest BCUT2D eigenvalue weighted by Gasteiger charge is 2.09. The van der Waals surface area contributed by atoms with Crippen LogP contribution >= 0.6 is 11.3 Å². The fourth-order valence-electron chi connectivity index (χ4n) is 1.76. The Morgan fingerprint density at radius 2 is 2.21 bits per heavy atom. The van der Waals surface area contributed by atoms with Crippen molar-refractivity contribution in [1.82, 2.24) is 4.98 Å². The van der Waals surface area contributed by atoms with Crippen molar-refractivity contribution in [1.29, 1.82) is 0 Å². The fourth-order valence-corrected chi connectivity index (χ4v) is 2.60. The van der Waals surface area contributed by atoms with Crippen LogP contribution in [0.5, 0.6) is 0 Å². The number of anilines is 1. The number of rotatable bonds is 4. The standard InChI is InChI=1S/C15H18N2OS/c1-10(2)15-17-13(9-19-15)8-14(18)16-12-6-4-5-11(3)7-12/h4-7,9-10H,8H2,1-3H3,(H,16,18). The molecule has 1 amide bonds. The zero-order valence-electron chi connectivity index (χ0n) is 11.4. The molecule has 0 radical (unpaired) electrons. The number of nitrogens with zero attached hydrogens (tertiary/aromatic N) is 1. The van der Waals surface area contributed by atoms with Crippen molar-refractivity contribution in [2.24, 2.45) is 0 Å². The summed E-state index contributed by atoms with van der Waals surface area (Å²) >= 11 is 1.62. The van der Waals surface area contributed by atoms with E-state index in [4.69, 9.17) is 0 Å². The Bertz CT molecular complexity index is 575. The van der Waals surface area contributed by atoms with Gasteiger partial charge in [-0.15, -0.1) is 11.3 Å². The van der Waals surface area contributed by atoms with Gasteiger partial charge in [-0.2, -0.15) is 0 Å². The van der Waals surface area contributed by atoms with Crippen LogP contribution in [-0.2, 0) is 11.2 Å². The molecule has 19 heavy (non-hydrogen) atoms. The van der Waals surface area contributed by atoms with Crippen molar-refractivity contribution in [3.05, 3.63) is 45.9 Å². The van der Waals surface area contributed by atoms with Gasteiger partial charge in [-0.1, -0.05) is 26.0 Å². The quantitative estimate of drug-likeness (QED) is 0.922. The van der Waals surface area contributed by atoms with E-state index in [1.807, 2.05) is 36.6 Å². The molecule has 1 N–H and O–H groups in total. The van der Waals surface area contributed by atoms with Crippen LogP contribution in [0.4, 0.5) is 5.69 Å². The highest BCUT2D eigenvalue weighted by molar-refractivity contribution is 7.09. The number of hydrogen-bond donors (Lipinski definition) is 1. The lowest BCUT2D eigenvalue weighted by atomic mass is 10.2. The molecule has 2 rings (SSSR count). The van der Waals surface area contributed by atoms with E-state index >= 15 is 0 Å². The average Bonchev–Trinajstić information content (AvgIpc) is 2.77. The van der Waals surface area contributed by atoms with Gasteiger partial charge < -0.3 is 5.32 Å². The molecule has 4 heteroatoms. The lowest BCUT2D eigenvalue weighted by molar-refractivity contribution is -0.115. The first-order chi connectivity index (χ1) is 9.04. The molecule has 0 aliphatic carbocycles. The van der Waals surface area contributed by atoms with Crippen LogP contribution < -0.4 is 5.32 Å². The third-order valence-corrected chi connectivity index (χ3v) is 3.90. The summed E-state index contributed by atoms with van der Waals surface area (Å²) in [4.78, 5) is 16.4. The van der Waals surface area contributed by atoms with E-state index in [9.17, 15) is 4.79 Å². The molecule has 0 bridgehead atoms. The number of nitrogens with one attached hydrogen (secondary N) is 1. The predicted octanol–water partition coefficient (Wildman–Crippen LogP) is 3.76. The lowest BCUT2D eigenvalue weighted by Gasteiger charge is -2.04. The van der Waals surface area contributed by atoms with Crippen LogP contribution in [0.2, 0.25) is 0 Å². The molecule has 3 nitrogen and oxygen atoms in total. The van der Waals surface area contributed by atoms with Crippen LogP contribution in [0, 0.1) is 6.92 Å². The van der Waals surface area contributed by atoms with Gasteiger partial charge in [0.05, 0.1) is 17.1 Å². The summed E-state index contributed by atoms with van der Waals surface area (Å²) in [6.45, 7) is 6.22. The summed E-state index contributed by atoms with van der Waals surface area (Å²) in [6, 6.07) is 7.79. The highest BCUT2D eigenvalue weighted by atomic mass is 32.1. The van der Waals surface area contributed by atoms with Crippen molar-refractivity contribution >= 4 is 22.9 Å². The third kappa shape index (κ3) is 3.89. The number of amides is 1. The molecule has 1 heterocycles. The second-order valence-electron chi connectivity index (χ2n) is 4.93. The minimum atomic E-state index is -0.0220. The minimum Gasteiger partial charge on any atom is -0.326 e. The van der Waals surface area contributed by atoms with Gasteiger partial charge >= 0.3 is 0 Å². The van der Waals surface area contributed by atoms with Gasteiger partial charge in [-0.3, -0.25) is 4.79 Å². The summed E-state index contributed by atoms with van der Waals surface area (Å²) < 4.78 is 0. The second-order valence-corrected chi connectivity index (χ2v) is 5.82. The third-order valence-electron chi connectivity index (χ3n) is 2.71. The van der Waals surface area contributed by atoms with E-state index in [0.717, 1.165) is 22.0 Å². The number of thiazole rings is 1. The largest absolute Gasteiger partial charge is 0.326 e. The molecule has 0 spiro atoms. The Balaban J connectivity index is 1.97. The normalized spacial score (nSPS) is 10.7. The molecule has 0 atom stereocenters. The van der Waals surface area contributed by atoms with Crippen molar-refractivity contribution in [2.75, 3.05) is 5.32 Å². The molecule has 1 aromatic carbocycles. The van der Waals surface area contributed by atoms with Gasteiger partial charge in [0.15, 0.2) is 0 Å². The first-order valence-corrected chi connectivity index (χ1v) is 7.23. The molecule has 0 saturated carbocycles. The number of aryl methyl sites for hydroxylation is 1. The number of aromatic nitrogens is 1. The van der Waals surface area contributed by atoms with Crippen LogP contribution in [-0.4, -0.2) is 10.9 Å². The Kier molecular flexibility index (Phi) is 4.32. The van der Waals surface area contributed by atoms with Gasteiger partial charge in [-0.05, 0) is 24.6 Å². The van der Waals surface area contributed by atoms with E-state index in [1.54, 1.807) is 11.3 Å². The van der Waals surface area contributed by atoms with Crippen molar-refractivity contribution in [3.8, 4) is 0 Å². The van der Waals surface area contributed by atoms with Crippen LogP contribution in [0.1, 0.15) is 36.0 Å². The molecule has 1 aromatic heterocycles. The molecule has 0 unspecified atom stereocenters. The number of carbonyl (C=O) groups is 1. The van der Waals surface area contributed by atoms with Gasteiger partial charge in [0.25, 0.3) is 0 Å². The summed E-state index contributed by atoms with van der Waals surface area (Å²) in [7, 11) is 0. The van der Waals surface area contributed by atoms with Gasteiger partial charge in [0.2, 0.25) is 5.91 Å². The smallest absolute Gasteiger partial charge is 0.230 e. The lowest BCUT2D eigenvalue weighted by Crippen LogP contribution is -2.14. The van der Waals surface area contributed by atoms with Crippen molar-refractivity contribution in [2.45, 2.75) is 33.1 Å². The zero-order valence-corrected chi connectivity index (χ0v) is 12.3. The molecular weight excluding hydrogens is 256 g/mol. The van der Waals surface area contributed by atoms with Gasteiger partial charge in [0, 0.05) is 17.0 Å². The molecule has 0 aliphatic rings. The summed E-state index contributed by atoms with van der Waals surface area (Å²) in [5.41, 5.74) is 2.82. The average molecular weight is 274 g/mol. The minimum absolute atomic E-state index is 0.0220. The van der Waals surface area contributed by atoms with E-state index in [1.165, 1.54) is 0 Å². The van der Waals surface area contributed by atoms with E-state index < -0.39 is 0 Å². The fraction of sp³-hybridized carbons (Fsp3) is 0.333. The first kappa shape index (κ1) is 13.7. The monoisotopic (exact) mass is 274 g/mol. The Hall–Kier alpha value is -1.68. The van der Waals surface area contributed by atoms with Crippen LogP contribution in [0.25, 0.3) is 0 Å². The Morgan fingerprint density at radius 1 is 1.42 bits per heavy atom. The van der Waals surface area contributed by atoms with Crippen molar-refractivity contribution < 1.29 is 4.79 Å². The summed E-state index contributed by atoms with van der Waals surface area (Å²) in [5, 5.41) is 5.94. The molecule has 2 aromatic rings. The van der Waals surface area contributed by atoms with Crippen LogP contribution in [0.3, 0.4) is 0 Å². The highest BCUT2D eigenvalue weighted by Crippen LogP contribution is 2.19. The Morgan fingerprint density at radius 3 is 2.84 bits per heavy atom. The van der Waals surface area contributed by atoms with E-state index in [-0.39, 0.29) is 5.91 Å². The number of carbonyl (C=O) groups excluding carboxylic acids is 1. The topological polar surface area (TPSA) is 42.0 Å². The number of benzene rings is 1. The molecule has 0 saturated heterocycles. The maximum atomic E-state index is 11.9. The first-order valence-electron chi connectivity index (χ1n) is 6.35. The van der Waals surface area contributed by atoms with Crippen molar-refractivity contribution in [3.63, 3.8) is 0 Å². The Labute approximate surface area is 117 Å². The van der Waals surface area contributed by atoms with Gasteiger partial charge in [0.1, 0.15) is 0 Å². The molecule has 0 fully saturated rings. The SMILES string of the molecule is Cc1cccc(NC(=O)Cc2csc(C(C)C)n2)c1. The predicted molar refractivity (Wildman–Crippen MR) is 79.7 cm³/mol. The molecular formula is C15H18N2OS. The second kappa shape index (κ2) is 5.97. The van der Waals surface area contributed by atoms with Gasteiger partial charge in [-0.25, -0.2) is 4.98 Å². The summed E-state index contributed by atoms with van der Waals surface area (Å²) in [6.07, 6.45) is 0.331. The number of hydrogen-bond acceptors (Lipinski definition) is 3.